The van der Waals surface area contributed by atoms with Gasteiger partial charge in [-0.1, -0.05) is 0 Å². The Morgan fingerprint density at radius 2 is 1.81 bits per heavy atom. The van der Waals surface area contributed by atoms with Crippen LogP contribution in [0.25, 0.3) is 0 Å². The van der Waals surface area contributed by atoms with Gasteiger partial charge in [0.2, 0.25) is 0 Å². The first-order valence-corrected chi connectivity index (χ1v) is 6.12. The molecule has 4 heteroatoms. The molecule has 3 rings (SSSR count). The predicted molar refractivity (Wildman–Crippen MR) is 63.5 cm³/mol. The van der Waals surface area contributed by atoms with Crippen LogP contribution < -0.4 is 5.32 Å². The number of hydrogen-bond acceptors (Lipinski definition) is 2. The zero-order valence-corrected chi connectivity index (χ0v) is 10.3. The Morgan fingerprint density at radius 3 is 2.25 bits per heavy atom. The minimum absolute atomic E-state index is 0.114. The van der Waals surface area contributed by atoms with Crippen molar-refractivity contribution in [2.45, 2.75) is 26.2 Å². The van der Waals surface area contributed by atoms with Gasteiger partial charge in [0.15, 0.2) is 0 Å². The molecule has 3 aliphatic rings. The maximum Gasteiger partial charge on any atom is 0.264 e. The van der Waals surface area contributed by atoms with Crippen LogP contribution >= 0.6 is 0 Å². The molecule has 90 valence electrons. The van der Waals surface area contributed by atoms with E-state index in [-0.39, 0.29) is 11.6 Å². The van der Waals surface area contributed by atoms with Crippen LogP contribution in [-0.4, -0.2) is 49.3 Å². The van der Waals surface area contributed by atoms with Gasteiger partial charge in [-0.2, -0.15) is 0 Å². The number of carbonyl (C=O) groups excluding carboxylic acids is 1. The fraction of sp³-hybridized carbons (Fsp3) is 0.833. The van der Waals surface area contributed by atoms with Crippen molar-refractivity contribution in [3.63, 3.8) is 0 Å². The van der Waals surface area contributed by atoms with Crippen LogP contribution in [0.4, 0.5) is 0 Å². The molecule has 0 spiro atoms. The lowest BCUT2D eigenvalue weighted by Crippen LogP contribution is -2.61. The van der Waals surface area contributed by atoms with Crippen LogP contribution in [0, 0.1) is 10.8 Å². The van der Waals surface area contributed by atoms with Gasteiger partial charge in [-0.3, -0.25) is 10.2 Å². The van der Waals surface area contributed by atoms with Crippen molar-refractivity contribution < 1.29 is 9.28 Å². The van der Waals surface area contributed by atoms with Gasteiger partial charge >= 0.3 is 0 Å². The Kier molecular flexibility index (Phi) is 2.78. The van der Waals surface area contributed by atoms with E-state index < -0.39 is 0 Å². The first-order valence-electron chi connectivity index (χ1n) is 6.12. The molecule has 0 aromatic rings. The Morgan fingerprint density at radius 1 is 1.31 bits per heavy atom. The largest absolute Gasteiger partial charge is 0.350 e. The summed E-state index contributed by atoms with van der Waals surface area (Å²) in [5, 5.41) is 10.2. The number of rotatable bonds is 3. The number of hydrogen-bond donors (Lipinski definition) is 2. The second kappa shape index (κ2) is 3.84. The molecule has 0 unspecified atom stereocenters. The lowest BCUT2D eigenvalue weighted by Gasteiger charge is -2.53. The SMILES string of the molecule is CC(=N)C(=O)NCC12CC[N+](C)(CC1)CC2. The van der Waals surface area contributed by atoms with Gasteiger partial charge in [0, 0.05) is 31.2 Å². The maximum atomic E-state index is 11.4. The third kappa shape index (κ3) is 2.12. The Hall–Kier alpha value is -0.900. The average Bonchev–Trinajstić information content (AvgIpc) is 2.28. The third-order valence-corrected chi connectivity index (χ3v) is 4.51. The first-order chi connectivity index (χ1) is 7.45. The molecule has 2 bridgehead atoms. The lowest BCUT2D eigenvalue weighted by atomic mass is 9.71. The number of carbonyl (C=O) groups is 1. The minimum atomic E-state index is -0.206. The van der Waals surface area contributed by atoms with Crippen molar-refractivity contribution >= 4 is 11.6 Å². The van der Waals surface area contributed by atoms with Crippen LogP contribution in [0.3, 0.4) is 0 Å². The van der Waals surface area contributed by atoms with Crippen LogP contribution in [0.1, 0.15) is 26.2 Å². The predicted octanol–water partition coefficient (Wildman–Crippen LogP) is 0.773. The van der Waals surface area contributed by atoms with Gasteiger partial charge in [-0.05, 0) is 6.92 Å². The third-order valence-electron chi connectivity index (χ3n) is 4.51. The van der Waals surface area contributed by atoms with Crippen molar-refractivity contribution in [2.24, 2.45) is 5.41 Å². The van der Waals surface area contributed by atoms with E-state index in [4.69, 9.17) is 5.41 Å². The first kappa shape index (κ1) is 11.6. The highest BCUT2D eigenvalue weighted by Crippen LogP contribution is 2.42. The number of fused-ring (bicyclic) bond motifs is 3. The van der Waals surface area contributed by atoms with E-state index in [0.717, 1.165) is 6.54 Å². The molecule has 0 aliphatic carbocycles. The highest BCUT2D eigenvalue weighted by molar-refractivity contribution is 6.36. The molecule has 3 fully saturated rings. The van der Waals surface area contributed by atoms with E-state index in [2.05, 4.69) is 12.4 Å². The number of nitrogens with one attached hydrogen (secondary N) is 2. The molecule has 3 saturated heterocycles. The van der Waals surface area contributed by atoms with Crippen molar-refractivity contribution in [2.75, 3.05) is 33.2 Å². The molecular weight excluding hydrogens is 202 g/mol. The summed E-state index contributed by atoms with van der Waals surface area (Å²) >= 11 is 0. The fourth-order valence-corrected chi connectivity index (χ4v) is 2.90. The van der Waals surface area contributed by atoms with Crippen molar-refractivity contribution in [3.8, 4) is 0 Å². The molecule has 0 aromatic carbocycles. The van der Waals surface area contributed by atoms with E-state index in [0.29, 0.717) is 5.41 Å². The molecule has 3 aliphatic heterocycles. The van der Waals surface area contributed by atoms with Gasteiger partial charge in [-0.15, -0.1) is 0 Å². The number of nitrogens with zero attached hydrogens (tertiary/aromatic N) is 1. The van der Waals surface area contributed by atoms with Crippen molar-refractivity contribution in [1.29, 1.82) is 5.41 Å². The van der Waals surface area contributed by atoms with Gasteiger partial charge in [0.1, 0.15) is 0 Å². The standard InChI is InChI=1S/C12H21N3O/c1-10(13)11(16)14-9-12-3-6-15(2,7-4-12)8-5-12/h13H,3-9H2,1-2H3/p+1. The van der Waals surface area contributed by atoms with Crippen LogP contribution in [-0.2, 0) is 4.79 Å². The Labute approximate surface area is 97.1 Å². The molecular formula is C12H22N3O+. The minimum Gasteiger partial charge on any atom is -0.350 e. The van der Waals surface area contributed by atoms with Crippen molar-refractivity contribution in [1.82, 2.24) is 5.32 Å². The van der Waals surface area contributed by atoms with Gasteiger partial charge < -0.3 is 9.80 Å². The number of piperidine rings is 3. The molecule has 0 aromatic heterocycles. The molecule has 3 heterocycles. The van der Waals surface area contributed by atoms with E-state index >= 15 is 0 Å². The number of amides is 1. The van der Waals surface area contributed by atoms with Crippen LogP contribution in [0.2, 0.25) is 0 Å². The van der Waals surface area contributed by atoms with E-state index in [1.165, 1.54) is 43.4 Å². The molecule has 0 saturated carbocycles. The topological polar surface area (TPSA) is 53.0 Å². The second-order valence-corrected chi connectivity index (χ2v) is 5.85. The summed E-state index contributed by atoms with van der Waals surface area (Å²) in [4.78, 5) is 11.4. The molecule has 2 N–H and O–H groups in total. The average molecular weight is 224 g/mol. The lowest BCUT2D eigenvalue weighted by molar-refractivity contribution is -0.927. The van der Waals surface area contributed by atoms with E-state index in [9.17, 15) is 4.79 Å². The summed E-state index contributed by atoms with van der Waals surface area (Å²) in [6, 6.07) is 0. The summed E-state index contributed by atoms with van der Waals surface area (Å²) in [5.74, 6) is -0.206. The second-order valence-electron chi connectivity index (χ2n) is 5.85. The monoisotopic (exact) mass is 224 g/mol. The van der Waals surface area contributed by atoms with Gasteiger partial charge in [0.05, 0.1) is 32.4 Å². The summed E-state index contributed by atoms with van der Waals surface area (Å²) in [5.41, 5.74) is 0.449. The van der Waals surface area contributed by atoms with E-state index in [1.807, 2.05) is 0 Å². The Balaban J connectivity index is 1.91. The zero-order valence-electron chi connectivity index (χ0n) is 10.3. The fourth-order valence-electron chi connectivity index (χ4n) is 2.90. The van der Waals surface area contributed by atoms with Gasteiger partial charge in [-0.25, -0.2) is 0 Å². The normalized spacial score (nSPS) is 37.1. The summed E-state index contributed by atoms with van der Waals surface area (Å²) in [7, 11) is 2.34. The quantitative estimate of drug-likeness (QED) is 0.540. The van der Waals surface area contributed by atoms with Crippen molar-refractivity contribution in [3.05, 3.63) is 0 Å². The van der Waals surface area contributed by atoms with E-state index in [1.54, 1.807) is 6.92 Å². The number of quaternary nitrogens is 1. The molecule has 1 amide bonds. The summed E-state index contributed by atoms with van der Waals surface area (Å²) in [6.45, 7) is 6.06. The smallest absolute Gasteiger partial charge is 0.264 e. The molecule has 16 heavy (non-hydrogen) atoms. The molecule has 0 atom stereocenters. The molecule has 0 radical (unpaired) electrons. The van der Waals surface area contributed by atoms with Crippen LogP contribution in [0.5, 0.6) is 0 Å². The summed E-state index contributed by atoms with van der Waals surface area (Å²) < 4.78 is 1.22. The molecule has 4 nitrogen and oxygen atoms in total. The van der Waals surface area contributed by atoms with Gasteiger partial charge in [0.25, 0.3) is 5.91 Å². The maximum absolute atomic E-state index is 11.4. The summed E-state index contributed by atoms with van der Waals surface area (Å²) in [6.07, 6.45) is 3.67. The highest BCUT2D eigenvalue weighted by Gasteiger charge is 2.46. The Bertz CT molecular complexity index is 300. The highest BCUT2D eigenvalue weighted by atomic mass is 16.1. The van der Waals surface area contributed by atoms with Crippen LogP contribution in [0.15, 0.2) is 0 Å². The zero-order chi connectivity index (χ0) is 11.8.